The van der Waals surface area contributed by atoms with Gasteiger partial charge in [-0.3, -0.25) is 9.59 Å². The molecule has 0 bridgehead atoms. The second-order valence-electron chi connectivity index (χ2n) is 6.62. The van der Waals surface area contributed by atoms with Crippen LogP contribution in [0.3, 0.4) is 0 Å². The quantitative estimate of drug-likeness (QED) is 0.481. The number of nitrogens with one attached hydrogen (secondary N) is 2. The molecular formula is C23H20N4O2S. The third-order valence-corrected chi connectivity index (χ3v) is 5.47. The molecule has 0 aliphatic carbocycles. The number of benzene rings is 2. The maximum Gasteiger partial charge on any atom is 0.261 e. The predicted molar refractivity (Wildman–Crippen MR) is 117 cm³/mol. The van der Waals surface area contributed by atoms with Gasteiger partial charge in [0.05, 0.1) is 10.6 Å². The summed E-state index contributed by atoms with van der Waals surface area (Å²) in [5.41, 5.74) is 3.41. The molecule has 6 nitrogen and oxygen atoms in total. The molecule has 2 aromatic heterocycles. The van der Waals surface area contributed by atoms with Crippen LogP contribution in [0.1, 0.15) is 31.2 Å². The summed E-state index contributed by atoms with van der Waals surface area (Å²) < 4.78 is 1.78. The molecule has 30 heavy (non-hydrogen) atoms. The minimum Gasteiger partial charge on any atom is -0.348 e. The molecule has 0 aliphatic rings. The lowest BCUT2D eigenvalue weighted by Gasteiger charge is -2.11. The van der Waals surface area contributed by atoms with Gasteiger partial charge in [0, 0.05) is 31.0 Å². The third kappa shape index (κ3) is 4.64. The van der Waals surface area contributed by atoms with Crippen LogP contribution in [0.25, 0.3) is 5.69 Å². The normalized spacial score (nSPS) is 10.5. The smallest absolute Gasteiger partial charge is 0.261 e. The number of aromatic nitrogens is 2. The fourth-order valence-corrected chi connectivity index (χ4v) is 3.66. The van der Waals surface area contributed by atoms with Crippen LogP contribution in [-0.4, -0.2) is 21.6 Å². The van der Waals surface area contributed by atoms with Crippen molar-refractivity contribution in [1.82, 2.24) is 20.4 Å². The molecular weight excluding hydrogens is 396 g/mol. The molecule has 0 aliphatic heterocycles. The first-order valence-electron chi connectivity index (χ1n) is 9.47. The molecule has 0 unspecified atom stereocenters. The van der Waals surface area contributed by atoms with Crippen molar-refractivity contribution in [3.05, 3.63) is 106 Å². The molecule has 2 N–H and O–H groups in total. The molecule has 2 aromatic carbocycles. The van der Waals surface area contributed by atoms with Crippen molar-refractivity contribution < 1.29 is 9.59 Å². The fourth-order valence-electron chi connectivity index (χ4n) is 3.02. The van der Waals surface area contributed by atoms with Crippen LogP contribution in [0.4, 0.5) is 0 Å². The van der Waals surface area contributed by atoms with E-state index in [-0.39, 0.29) is 11.8 Å². The first-order chi connectivity index (χ1) is 14.7. The van der Waals surface area contributed by atoms with Gasteiger partial charge >= 0.3 is 0 Å². The second kappa shape index (κ2) is 9.19. The number of amides is 2. The average Bonchev–Trinajstić information content (AvgIpc) is 3.51. The Labute approximate surface area is 178 Å². The molecule has 150 valence electrons. The van der Waals surface area contributed by atoms with Gasteiger partial charge in [-0.2, -0.15) is 5.10 Å². The van der Waals surface area contributed by atoms with E-state index < -0.39 is 0 Å². The summed E-state index contributed by atoms with van der Waals surface area (Å²) in [6, 6.07) is 20.5. The Morgan fingerprint density at radius 2 is 1.67 bits per heavy atom. The fraction of sp³-hybridized carbons (Fsp3) is 0.0870. The van der Waals surface area contributed by atoms with E-state index in [1.54, 1.807) is 29.1 Å². The van der Waals surface area contributed by atoms with Gasteiger partial charge < -0.3 is 10.6 Å². The topological polar surface area (TPSA) is 76.0 Å². The van der Waals surface area contributed by atoms with Crippen molar-refractivity contribution in [3.63, 3.8) is 0 Å². The monoisotopic (exact) mass is 416 g/mol. The van der Waals surface area contributed by atoms with Crippen LogP contribution in [0.5, 0.6) is 0 Å². The van der Waals surface area contributed by atoms with Crippen LogP contribution in [-0.2, 0) is 13.1 Å². The Hall–Kier alpha value is -3.71. The number of para-hydroxylation sites is 1. The molecule has 4 aromatic rings. The Balaban J connectivity index is 1.34. The lowest BCUT2D eigenvalue weighted by atomic mass is 10.1. The Morgan fingerprint density at radius 1 is 0.867 bits per heavy atom. The average molecular weight is 417 g/mol. The molecule has 0 atom stereocenters. The SMILES string of the molecule is O=C(NCc1ccccc1-n1cccn1)c1ccc(CNC(=O)c2cccs2)cc1. The van der Waals surface area contributed by atoms with Crippen molar-refractivity contribution in [2.75, 3.05) is 0 Å². The van der Waals surface area contributed by atoms with Gasteiger partial charge in [0.25, 0.3) is 11.8 Å². The molecule has 0 radical (unpaired) electrons. The summed E-state index contributed by atoms with van der Waals surface area (Å²) >= 11 is 1.41. The van der Waals surface area contributed by atoms with Gasteiger partial charge in [-0.15, -0.1) is 11.3 Å². The number of hydrogen-bond donors (Lipinski definition) is 2. The minimum absolute atomic E-state index is 0.0948. The van der Waals surface area contributed by atoms with Crippen LogP contribution in [0, 0.1) is 0 Å². The maximum atomic E-state index is 12.5. The molecule has 0 saturated carbocycles. The number of thiophene rings is 1. The number of carbonyl (C=O) groups excluding carboxylic acids is 2. The zero-order valence-corrected chi connectivity index (χ0v) is 16.9. The summed E-state index contributed by atoms with van der Waals surface area (Å²) in [5.74, 6) is -0.248. The molecule has 0 saturated heterocycles. The van der Waals surface area contributed by atoms with E-state index in [0.29, 0.717) is 23.5 Å². The lowest BCUT2D eigenvalue weighted by Crippen LogP contribution is -2.24. The number of hydrogen-bond acceptors (Lipinski definition) is 4. The molecule has 0 spiro atoms. The minimum atomic E-state index is -0.153. The standard InChI is InChI=1S/C23H20N4O2S/c28-22(25-16-19-5-1-2-6-20(19)27-13-4-12-26-27)18-10-8-17(9-11-18)15-24-23(29)21-7-3-14-30-21/h1-14H,15-16H2,(H,24,29)(H,25,28). The van der Waals surface area contributed by atoms with Gasteiger partial charge in [0.2, 0.25) is 0 Å². The van der Waals surface area contributed by atoms with E-state index in [1.807, 2.05) is 60.1 Å². The maximum absolute atomic E-state index is 12.5. The first kappa shape index (κ1) is 19.6. The number of nitrogens with zero attached hydrogens (tertiary/aromatic N) is 2. The van der Waals surface area contributed by atoms with Crippen LogP contribution < -0.4 is 10.6 Å². The van der Waals surface area contributed by atoms with E-state index in [9.17, 15) is 9.59 Å². The van der Waals surface area contributed by atoms with E-state index in [0.717, 1.165) is 16.8 Å². The number of rotatable bonds is 7. The summed E-state index contributed by atoms with van der Waals surface area (Å²) in [6.45, 7) is 0.809. The highest BCUT2D eigenvalue weighted by Crippen LogP contribution is 2.14. The molecule has 2 heterocycles. The molecule has 7 heteroatoms. The van der Waals surface area contributed by atoms with Crippen LogP contribution in [0.15, 0.2) is 84.5 Å². The van der Waals surface area contributed by atoms with Crippen molar-refractivity contribution >= 4 is 23.2 Å². The molecule has 0 fully saturated rings. The third-order valence-electron chi connectivity index (χ3n) is 4.60. The predicted octanol–water partition coefficient (Wildman–Crippen LogP) is 3.79. The second-order valence-corrected chi connectivity index (χ2v) is 7.57. The highest BCUT2D eigenvalue weighted by molar-refractivity contribution is 7.12. The van der Waals surface area contributed by atoms with Crippen molar-refractivity contribution in [2.24, 2.45) is 0 Å². The first-order valence-corrected chi connectivity index (χ1v) is 10.4. The largest absolute Gasteiger partial charge is 0.348 e. The van der Waals surface area contributed by atoms with Gasteiger partial charge in [-0.1, -0.05) is 36.4 Å². The van der Waals surface area contributed by atoms with E-state index in [2.05, 4.69) is 15.7 Å². The summed E-state index contributed by atoms with van der Waals surface area (Å²) in [6.07, 6.45) is 3.59. The Kier molecular flexibility index (Phi) is 6.01. The molecule has 2 amide bonds. The van der Waals surface area contributed by atoms with E-state index in [4.69, 9.17) is 0 Å². The highest BCUT2D eigenvalue weighted by Gasteiger charge is 2.09. The lowest BCUT2D eigenvalue weighted by molar-refractivity contribution is 0.0943. The summed E-state index contributed by atoms with van der Waals surface area (Å²) in [5, 5.41) is 12.0. The Bertz CT molecular complexity index is 1120. The van der Waals surface area contributed by atoms with Crippen molar-refractivity contribution in [3.8, 4) is 5.69 Å². The zero-order chi connectivity index (χ0) is 20.8. The van der Waals surface area contributed by atoms with E-state index >= 15 is 0 Å². The van der Waals surface area contributed by atoms with E-state index in [1.165, 1.54) is 11.3 Å². The van der Waals surface area contributed by atoms with Crippen molar-refractivity contribution in [2.45, 2.75) is 13.1 Å². The summed E-state index contributed by atoms with van der Waals surface area (Å²) in [7, 11) is 0. The molecule has 4 rings (SSSR count). The van der Waals surface area contributed by atoms with Gasteiger partial charge in [0.15, 0.2) is 0 Å². The zero-order valence-electron chi connectivity index (χ0n) is 16.1. The highest BCUT2D eigenvalue weighted by atomic mass is 32.1. The summed E-state index contributed by atoms with van der Waals surface area (Å²) in [4.78, 5) is 25.2. The van der Waals surface area contributed by atoms with Gasteiger partial charge in [0.1, 0.15) is 0 Å². The van der Waals surface area contributed by atoms with Gasteiger partial charge in [-0.05, 0) is 46.8 Å². The van der Waals surface area contributed by atoms with Crippen molar-refractivity contribution in [1.29, 1.82) is 0 Å². The van der Waals surface area contributed by atoms with Crippen LogP contribution >= 0.6 is 11.3 Å². The van der Waals surface area contributed by atoms with Gasteiger partial charge in [-0.25, -0.2) is 4.68 Å². The number of carbonyl (C=O) groups is 2. The Morgan fingerprint density at radius 3 is 2.40 bits per heavy atom. The van der Waals surface area contributed by atoms with Crippen LogP contribution in [0.2, 0.25) is 0 Å².